The lowest BCUT2D eigenvalue weighted by Gasteiger charge is -2.10. The van der Waals surface area contributed by atoms with E-state index in [0.29, 0.717) is 17.1 Å². The quantitative estimate of drug-likeness (QED) is 0.658. The van der Waals surface area contributed by atoms with Gasteiger partial charge < -0.3 is 9.47 Å². The molecule has 0 atom stereocenters. The highest BCUT2D eigenvalue weighted by Crippen LogP contribution is 2.21. The fraction of sp³-hybridized carbons (Fsp3) is 0.250. The molecule has 0 aliphatic heterocycles. The summed E-state index contributed by atoms with van der Waals surface area (Å²) in [5.74, 6) is 0.926. The minimum atomic E-state index is -0.430. The first-order valence-corrected chi connectivity index (χ1v) is 8.28. The molecule has 3 aromatic rings. The van der Waals surface area contributed by atoms with Gasteiger partial charge in [-0.25, -0.2) is 14.5 Å². The van der Waals surface area contributed by atoms with Gasteiger partial charge >= 0.3 is 5.97 Å². The van der Waals surface area contributed by atoms with Crippen molar-refractivity contribution in [2.75, 3.05) is 7.11 Å². The predicted octanol–water partition coefficient (Wildman–Crippen LogP) is 3.56. The van der Waals surface area contributed by atoms with Gasteiger partial charge in [-0.1, -0.05) is 11.6 Å². The van der Waals surface area contributed by atoms with Crippen LogP contribution in [0.1, 0.15) is 32.9 Å². The van der Waals surface area contributed by atoms with Gasteiger partial charge in [0.1, 0.15) is 12.4 Å². The molecule has 0 aliphatic rings. The molecular weight excluding hydrogens is 330 g/mol. The molecule has 0 spiro atoms. The van der Waals surface area contributed by atoms with Crippen LogP contribution in [0.15, 0.2) is 42.6 Å². The Hall–Kier alpha value is -3.15. The zero-order valence-electron chi connectivity index (χ0n) is 15.3. The van der Waals surface area contributed by atoms with E-state index < -0.39 is 5.97 Å². The van der Waals surface area contributed by atoms with Crippen molar-refractivity contribution in [1.82, 2.24) is 14.8 Å². The van der Waals surface area contributed by atoms with E-state index in [1.165, 1.54) is 6.20 Å². The molecule has 2 aromatic heterocycles. The largest absolute Gasteiger partial charge is 0.496 e. The maximum absolute atomic E-state index is 12.3. The van der Waals surface area contributed by atoms with Gasteiger partial charge in [0.2, 0.25) is 0 Å². The van der Waals surface area contributed by atoms with Crippen LogP contribution in [-0.2, 0) is 11.3 Å². The van der Waals surface area contributed by atoms with E-state index in [0.717, 1.165) is 22.5 Å². The number of rotatable bonds is 5. The molecule has 134 valence electrons. The first kappa shape index (κ1) is 17.7. The number of aromatic nitrogens is 3. The summed E-state index contributed by atoms with van der Waals surface area (Å²) in [5.41, 5.74) is 4.19. The lowest BCUT2D eigenvalue weighted by molar-refractivity contribution is 0.0469. The van der Waals surface area contributed by atoms with E-state index in [9.17, 15) is 4.79 Å². The molecule has 6 heteroatoms. The number of nitrogens with zero attached hydrogens (tertiary/aromatic N) is 3. The molecule has 0 bridgehead atoms. The minimum Gasteiger partial charge on any atom is -0.496 e. The van der Waals surface area contributed by atoms with Crippen molar-refractivity contribution in [2.24, 2.45) is 0 Å². The molecule has 3 rings (SSSR count). The summed E-state index contributed by atoms with van der Waals surface area (Å²) < 4.78 is 12.4. The van der Waals surface area contributed by atoms with Crippen LogP contribution in [0.2, 0.25) is 0 Å². The fourth-order valence-electron chi connectivity index (χ4n) is 2.74. The zero-order valence-corrected chi connectivity index (χ0v) is 15.3. The highest BCUT2D eigenvalue weighted by atomic mass is 16.5. The maximum Gasteiger partial charge on any atom is 0.340 e. The first-order chi connectivity index (χ1) is 12.5. The van der Waals surface area contributed by atoms with E-state index in [-0.39, 0.29) is 6.61 Å². The lowest BCUT2D eigenvalue weighted by Crippen LogP contribution is -2.08. The normalized spacial score (nSPS) is 10.6. The van der Waals surface area contributed by atoms with Crippen molar-refractivity contribution >= 4 is 5.97 Å². The highest BCUT2D eigenvalue weighted by Gasteiger charge is 2.12. The van der Waals surface area contributed by atoms with Crippen LogP contribution in [0.3, 0.4) is 0 Å². The Morgan fingerprint density at radius 3 is 2.54 bits per heavy atom. The number of hydrogen-bond acceptors (Lipinski definition) is 5. The summed E-state index contributed by atoms with van der Waals surface area (Å²) in [5, 5.41) is 4.38. The summed E-state index contributed by atoms with van der Waals surface area (Å²) in [6, 6.07) is 11.2. The summed E-state index contributed by atoms with van der Waals surface area (Å²) >= 11 is 0. The van der Waals surface area contributed by atoms with Gasteiger partial charge in [0.25, 0.3) is 0 Å². The number of benzene rings is 1. The third-order valence-corrected chi connectivity index (χ3v) is 4.00. The van der Waals surface area contributed by atoms with Gasteiger partial charge in [-0.3, -0.25) is 0 Å². The Morgan fingerprint density at radius 2 is 1.92 bits per heavy atom. The molecule has 2 heterocycles. The summed E-state index contributed by atoms with van der Waals surface area (Å²) in [6.07, 6.45) is 1.50. The number of carbonyl (C=O) groups is 1. The molecule has 0 N–H and O–H groups in total. The molecule has 0 fully saturated rings. The average Bonchev–Trinajstić information content (AvgIpc) is 2.98. The third-order valence-electron chi connectivity index (χ3n) is 4.00. The maximum atomic E-state index is 12.3. The van der Waals surface area contributed by atoms with Crippen molar-refractivity contribution in [1.29, 1.82) is 0 Å². The summed E-state index contributed by atoms with van der Waals surface area (Å²) in [4.78, 5) is 16.6. The van der Waals surface area contributed by atoms with Crippen LogP contribution in [0.5, 0.6) is 5.75 Å². The van der Waals surface area contributed by atoms with Gasteiger partial charge in [0, 0.05) is 17.5 Å². The van der Waals surface area contributed by atoms with Gasteiger partial charge in [0.05, 0.1) is 18.4 Å². The number of methoxy groups -OCH3 is 1. The van der Waals surface area contributed by atoms with Crippen LogP contribution in [0.25, 0.3) is 5.82 Å². The van der Waals surface area contributed by atoms with Crippen LogP contribution in [-0.4, -0.2) is 27.8 Å². The summed E-state index contributed by atoms with van der Waals surface area (Å²) in [6.45, 7) is 6.00. The molecule has 0 aliphatic carbocycles. The second kappa shape index (κ2) is 7.39. The van der Waals surface area contributed by atoms with Crippen molar-refractivity contribution in [3.63, 3.8) is 0 Å². The Labute approximate surface area is 152 Å². The smallest absolute Gasteiger partial charge is 0.340 e. The second-order valence-electron chi connectivity index (χ2n) is 6.14. The first-order valence-electron chi connectivity index (χ1n) is 8.28. The van der Waals surface area contributed by atoms with Crippen molar-refractivity contribution < 1.29 is 14.3 Å². The van der Waals surface area contributed by atoms with E-state index in [4.69, 9.17) is 9.47 Å². The molecule has 0 radical (unpaired) electrons. The number of hydrogen-bond donors (Lipinski definition) is 0. The highest BCUT2D eigenvalue weighted by molar-refractivity contribution is 5.89. The van der Waals surface area contributed by atoms with Gasteiger partial charge in [-0.2, -0.15) is 5.10 Å². The van der Waals surface area contributed by atoms with Gasteiger partial charge in [0.15, 0.2) is 5.82 Å². The molecule has 6 nitrogen and oxygen atoms in total. The SMILES string of the molecule is COc1ccc(C)cc1COC(=O)c1ccc(-n2nc(C)cc2C)nc1. The van der Waals surface area contributed by atoms with E-state index in [2.05, 4.69) is 10.1 Å². The monoisotopic (exact) mass is 351 g/mol. The molecule has 0 amide bonds. The van der Waals surface area contributed by atoms with Gasteiger partial charge in [-0.15, -0.1) is 0 Å². The standard InChI is InChI=1S/C20H21N3O3/c1-13-5-7-18(25-4)17(9-13)12-26-20(24)16-6-8-19(21-11-16)23-15(3)10-14(2)22-23/h5-11H,12H2,1-4H3. The molecule has 0 unspecified atom stereocenters. The number of carbonyl (C=O) groups excluding carboxylic acids is 1. The Morgan fingerprint density at radius 1 is 1.12 bits per heavy atom. The Bertz CT molecular complexity index is 930. The van der Waals surface area contributed by atoms with Crippen LogP contribution in [0.4, 0.5) is 0 Å². The topological polar surface area (TPSA) is 66.2 Å². The van der Waals surface area contributed by atoms with E-state index >= 15 is 0 Å². The summed E-state index contributed by atoms with van der Waals surface area (Å²) in [7, 11) is 1.59. The van der Waals surface area contributed by atoms with Crippen LogP contribution >= 0.6 is 0 Å². The molecular formula is C20H21N3O3. The lowest BCUT2D eigenvalue weighted by atomic mass is 10.1. The van der Waals surface area contributed by atoms with Crippen LogP contribution in [0, 0.1) is 20.8 Å². The van der Waals surface area contributed by atoms with Crippen molar-refractivity contribution in [3.8, 4) is 11.6 Å². The van der Waals surface area contributed by atoms with E-state index in [1.54, 1.807) is 23.9 Å². The number of aryl methyl sites for hydroxylation is 3. The average molecular weight is 351 g/mol. The molecule has 0 saturated heterocycles. The van der Waals surface area contributed by atoms with E-state index in [1.807, 2.05) is 45.0 Å². The van der Waals surface area contributed by atoms with Gasteiger partial charge in [-0.05, 0) is 51.1 Å². The van der Waals surface area contributed by atoms with Crippen LogP contribution < -0.4 is 4.74 Å². The predicted molar refractivity (Wildman–Crippen MR) is 97.7 cm³/mol. The number of esters is 1. The molecule has 0 saturated carbocycles. The fourth-order valence-corrected chi connectivity index (χ4v) is 2.74. The Kier molecular flexibility index (Phi) is 5.02. The second-order valence-corrected chi connectivity index (χ2v) is 6.14. The van der Waals surface area contributed by atoms with Crippen molar-refractivity contribution in [3.05, 3.63) is 70.7 Å². The Balaban J connectivity index is 1.71. The molecule has 26 heavy (non-hydrogen) atoms. The number of pyridine rings is 1. The minimum absolute atomic E-state index is 0.142. The van der Waals surface area contributed by atoms with Crippen molar-refractivity contribution in [2.45, 2.75) is 27.4 Å². The molecule has 1 aromatic carbocycles. The number of ether oxygens (including phenoxy) is 2. The third kappa shape index (κ3) is 3.74. The zero-order chi connectivity index (χ0) is 18.7.